The van der Waals surface area contributed by atoms with Gasteiger partial charge in [-0.05, 0) is 40.1 Å². The summed E-state index contributed by atoms with van der Waals surface area (Å²) < 4.78 is 2.45. The second-order valence-electron chi connectivity index (χ2n) is 10.1. The van der Waals surface area contributed by atoms with Crippen LogP contribution in [0.1, 0.15) is 0 Å². The zero-order valence-corrected chi connectivity index (χ0v) is 22.8. The molecule has 0 aliphatic heterocycles. The Balaban J connectivity index is 1.39. The highest BCUT2D eigenvalue weighted by Gasteiger charge is 2.17. The molecule has 0 N–H and O–H groups in total. The molecule has 8 rings (SSSR count). The monoisotopic (exact) mass is 541 g/mol. The van der Waals surface area contributed by atoms with Gasteiger partial charge in [0.15, 0.2) is 17.5 Å². The molecule has 192 valence electrons. The van der Waals surface area contributed by atoms with Gasteiger partial charge >= 0.3 is 0 Å². The number of aromatic nitrogens is 3. The summed E-state index contributed by atoms with van der Waals surface area (Å²) >= 11 is 1.79. The Morgan fingerprint density at radius 1 is 0.390 bits per heavy atom. The molecule has 0 bridgehead atoms. The van der Waals surface area contributed by atoms with Crippen LogP contribution < -0.4 is 0 Å². The largest absolute Gasteiger partial charge is 0.208 e. The first-order valence-electron chi connectivity index (χ1n) is 13.6. The second-order valence-corrected chi connectivity index (χ2v) is 11.1. The van der Waals surface area contributed by atoms with Crippen LogP contribution in [0.25, 0.3) is 76.2 Å². The summed E-state index contributed by atoms with van der Waals surface area (Å²) in [5.74, 6) is 2.01. The molecule has 0 atom stereocenters. The van der Waals surface area contributed by atoms with Crippen LogP contribution >= 0.6 is 11.3 Å². The molecule has 0 saturated carbocycles. The van der Waals surface area contributed by atoms with Crippen molar-refractivity contribution in [1.82, 2.24) is 15.0 Å². The maximum atomic E-state index is 5.13. The second kappa shape index (κ2) is 9.77. The fourth-order valence-electron chi connectivity index (χ4n) is 5.56. The molecule has 0 fully saturated rings. The van der Waals surface area contributed by atoms with Crippen molar-refractivity contribution in [2.45, 2.75) is 0 Å². The molecule has 8 aromatic rings. The van der Waals surface area contributed by atoms with E-state index in [1.807, 2.05) is 6.07 Å². The van der Waals surface area contributed by atoms with Gasteiger partial charge < -0.3 is 0 Å². The Kier molecular flexibility index (Phi) is 5.64. The number of hydrogen-bond donors (Lipinski definition) is 0. The number of nitrogens with zero attached hydrogens (tertiary/aromatic N) is 3. The maximum Gasteiger partial charge on any atom is 0.165 e. The molecule has 0 aliphatic rings. The van der Waals surface area contributed by atoms with Crippen LogP contribution in [-0.4, -0.2) is 15.0 Å². The Hall–Kier alpha value is -5.19. The normalized spacial score (nSPS) is 11.4. The fourth-order valence-corrected chi connectivity index (χ4v) is 6.77. The minimum Gasteiger partial charge on any atom is -0.208 e. The molecule has 0 radical (unpaired) electrons. The zero-order valence-electron chi connectivity index (χ0n) is 22.0. The lowest BCUT2D eigenvalue weighted by Gasteiger charge is -2.11. The fraction of sp³-hybridized carbons (Fsp3) is 0. The standard InChI is InChI=1S/C37H23N3S/c1-2-11-24(12-3-1)26-15-8-16-27(23-26)35-38-36(31-20-9-14-25-13-4-5-17-28(25)31)40-37(39-35)32-21-10-19-30-29-18-6-7-22-33(29)41-34(30)32/h1-23H. The first-order chi connectivity index (χ1) is 20.3. The third kappa shape index (κ3) is 4.17. The molecule has 0 spiro atoms. The molecule has 0 aliphatic carbocycles. The summed E-state index contributed by atoms with van der Waals surface area (Å²) in [6.45, 7) is 0. The summed E-state index contributed by atoms with van der Waals surface area (Å²) in [5, 5.41) is 4.76. The van der Waals surface area contributed by atoms with E-state index < -0.39 is 0 Å². The predicted molar refractivity (Wildman–Crippen MR) is 172 cm³/mol. The first-order valence-corrected chi connectivity index (χ1v) is 14.4. The minimum absolute atomic E-state index is 0.661. The quantitative estimate of drug-likeness (QED) is 0.222. The highest BCUT2D eigenvalue weighted by Crippen LogP contribution is 2.40. The summed E-state index contributed by atoms with van der Waals surface area (Å²) in [4.78, 5) is 15.3. The van der Waals surface area contributed by atoms with Crippen LogP contribution in [0.5, 0.6) is 0 Å². The van der Waals surface area contributed by atoms with Crippen molar-refractivity contribution < 1.29 is 0 Å². The van der Waals surface area contributed by atoms with Crippen molar-refractivity contribution in [3.63, 3.8) is 0 Å². The summed E-state index contributed by atoms with van der Waals surface area (Å²) in [6.07, 6.45) is 0. The lowest BCUT2D eigenvalue weighted by molar-refractivity contribution is 1.08. The van der Waals surface area contributed by atoms with E-state index in [0.29, 0.717) is 17.5 Å². The van der Waals surface area contributed by atoms with Gasteiger partial charge in [-0.15, -0.1) is 11.3 Å². The highest BCUT2D eigenvalue weighted by molar-refractivity contribution is 7.26. The number of benzene rings is 6. The third-order valence-electron chi connectivity index (χ3n) is 7.54. The smallest absolute Gasteiger partial charge is 0.165 e. The summed E-state index contributed by atoms with van der Waals surface area (Å²) in [5.41, 5.74) is 5.26. The number of rotatable bonds is 4. The van der Waals surface area contributed by atoms with Crippen LogP contribution in [0.15, 0.2) is 140 Å². The van der Waals surface area contributed by atoms with E-state index in [0.717, 1.165) is 38.6 Å². The molecule has 41 heavy (non-hydrogen) atoms. The van der Waals surface area contributed by atoms with Gasteiger partial charge in [-0.1, -0.05) is 121 Å². The van der Waals surface area contributed by atoms with Crippen molar-refractivity contribution in [2.24, 2.45) is 0 Å². The van der Waals surface area contributed by atoms with Crippen LogP contribution in [0.3, 0.4) is 0 Å². The highest BCUT2D eigenvalue weighted by atomic mass is 32.1. The molecule has 0 unspecified atom stereocenters. The Labute approximate surface area is 241 Å². The molecular weight excluding hydrogens is 518 g/mol. The van der Waals surface area contributed by atoms with Crippen molar-refractivity contribution in [3.05, 3.63) is 140 Å². The summed E-state index contributed by atoms with van der Waals surface area (Å²) in [7, 11) is 0. The van der Waals surface area contributed by atoms with Crippen molar-refractivity contribution in [2.75, 3.05) is 0 Å². The van der Waals surface area contributed by atoms with Gasteiger partial charge in [-0.2, -0.15) is 0 Å². The predicted octanol–water partition coefficient (Wildman–Crippen LogP) is 10.1. The lowest BCUT2D eigenvalue weighted by Crippen LogP contribution is -2.00. The first kappa shape index (κ1) is 23.7. The van der Waals surface area contributed by atoms with E-state index in [9.17, 15) is 0 Å². The van der Waals surface area contributed by atoms with Crippen LogP contribution in [-0.2, 0) is 0 Å². The molecule has 0 amide bonds. The summed E-state index contributed by atoms with van der Waals surface area (Å²) in [6, 6.07) is 48.6. The molecular formula is C37H23N3S. The topological polar surface area (TPSA) is 38.7 Å². The molecule has 3 nitrogen and oxygen atoms in total. The van der Waals surface area contributed by atoms with E-state index in [4.69, 9.17) is 15.0 Å². The molecule has 2 aromatic heterocycles. The lowest BCUT2D eigenvalue weighted by atomic mass is 10.0. The van der Waals surface area contributed by atoms with E-state index in [1.165, 1.54) is 20.2 Å². The van der Waals surface area contributed by atoms with E-state index in [-0.39, 0.29) is 0 Å². The average Bonchev–Trinajstić information content (AvgIpc) is 3.44. The Morgan fingerprint density at radius 3 is 1.88 bits per heavy atom. The van der Waals surface area contributed by atoms with E-state index in [2.05, 4.69) is 133 Å². The van der Waals surface area contributed by atoms with Gasteiger partial charge in [0.1, 0.15) is 0 Å². The van der Waals surface area contributed by atoms with Gasteiger partial charge in [0, 0.05) is 36.9 Å². The number of hydrogen-bond acceptors (Lipinski definition) is 4. The van der Waals surface area contributed by atoms with Gasteiger partial charge in [-0.3, -0.25) is 0 Å². The average molecular weight is 542 g/mol. The molecule has 6 aromatic carbocycles. The van der Waals surface area contributed by atoms with Gasteiger partial charge in [0.05, 0.1) is 0 Å². The van der Waals surface area contributed by atoms with Crippen LogP contribution in [0.4, 0.5) is 0 Å². The Morgan fingerprint density at radius 2 is 0.976 bits per heavy atom. The van der Waals surface area contributed by atoms with Gasteiger partial charge in [-0.25, -0.2) is 15.0 Å². The molecule has 2 heterocycles. The van der Waals surface area contributed by atoms with Crippen molar-refractivity contribution in [1.29, 1.82) is 0 Å². The van der Waals surface area contributed by atoms with Crippen molar-refractivity contribution in [3.8, 4) is 45.3 Å². The SMILES string of the molecule is c1ccc(-c2cccc(-c3nc(-c4cccc5ccccc45)nc(-c4cccc5c4sc4ccccc45)n3)c2)cc1. The zero-order chi connectivity index (χ0) is 27.2. The Bertz CT molecular complexity index is 2210. The number of fused-ring (bicyclic) bond motifs is 4. The van der Waals surface area contributed by atoms with Gasteiger partial charge in [0.2, 0.25) is 0 Å². The van der Waals surface area contributed by atoms with Crippen LogP contribution in [0.2, 0.25) is 0 Å². The van der Waals surface area contributed by atoms with Crippen molar-refractivity contribution >= 4 is 42.3 Å². The van der Waals surface area contributed by atoms with E-state index >= 15 is 0 Å². The third-order valence-corrected chi connectivity index (χ3v) is 8.76. The molecule has 4 heteroatoms. The van der Waals surface area contributed by atoms with E-state index in [1.54, 1.807) is 11.3 Å². The van der Waals surface area contributed by atoms with Crippen LogP contribution in [0, 0.1) is 0 Å². The molecule has 0 saturated heterocycles. The minimum atomic E-state index is 0.661. The van der Waals surface area contributed by atoms with Gasteiger partial charge in [0.25, 0.3) is 0 Å². The number of thiophene rings is 1. The maximum absolute atomic E-state index is 5.13.